The van der Waals surface area contributed by atoms with Gasteiger partial charge in [-0.1, -0.05) is 24.3 Å². The van der Waals surface area contributed by atoms with Gasteiger partial charge in [-0.25, -0.2) is 4.39 Å². The maximum absolute atomic E-state index is 13.1. The van der Waals surface area contributed by atoms with Crippen molar-refractivity contribution in [1.29, 1.82) is 0 Å². The van der Waals surface area contributed by atoms with E-state index in [-0.39, 0.29) is 11.6 Å². The Hall–Kier alpha value is -2.16. The van der Waals surface area contributed by atoms with E-state index in [2.05, 4.69) is 6.07 Å². The van der Waals surface area contributed by atoms with Gasteiger partial charge in [-0.15, -0.1) is 0 Å². The third kappa shape index (κ3) is 3.67. The molecule has 0 aliphatic rings. The molecule has 2 rings (SSSR count). The summed E-state index contributed by atoms with van der Waals surface area (Å²) in [5, 5.41) is 0. The SMILES string of the molecule is Cc1cccc(N(C)CCC(=O)c2cccc(F)c2)c1. The predicted molar refractivity (Wildman–Crippen MR) is 79.8 cm³/mol. The summed E-state index contributed by atoms with van der Waals surface area (Å²) >= 11 is 0. The summed E-state index contributed by atoms with van der Waals surface area (Å²) in [6, 6.07) is 14.0. The zero-order valence-corrected chi connectivity index (χ0v) is 11.8. The summed E-state index contributed by atoms with van der Waals surface area (Å²) in [5.41, 5.74) is 2.70. The van der Waals surface area contributed by atoms with Gasteiger partial charge in [0.1, 0.15) is 5.82 Å². The predicted octanol–water partition coefficient (Wildman–Crippen LogP) is 3.84. The summed E-state index contributed by atoms with van der Waals surface area (Å²) in [6.07, 6.45) is 0.369. The number of carbonyl (C=O) groups excluding carboxylic acids is 1. The summed E-state index contributed by atoms with van der Waals surface area (Å²) in [5.74, 6) is -0.410. The van der Waals surface area contributed by atoms with Crippen LogP contribution in [0.4, 0.5) is 10.1 Å². The largest absolute Gasteiger partial charge is 0.374 e. The summed E-state index contributed by atoms with van der Waals surface area (Å²) in [7, 11) is 1.95. The molecule has 0 saturated carbocycles. The molecular formula is C17H18FNO. The number of anilines is 1. The van der Waals surface area contributed by atoms with Gasteiger partial charge in [0, 0.05) is 31.3 Å². The Morgan fingerprint density at radius 1 is 1.15 bits per heavy atom. The molecule has 0 saturated heterocycles. The van der Waals surface area contributed by atoms with Crippen LogP contribution in [0.5, 0.6) is 0 Å². The lowest BCUT2D eigenvalue weighted by Crippen LogP contribution is -2.21. The molecule has 0 amide bonds. The first kappa shape index (κ1) is 14.3. The van der Waals surface area contributed by atoms with Crippen molar-refractivity contribution in [2.45, 2.75) is 13.3 Å². The minimum absolute atomic E-state index is 0.0380. The second-order valence-corrected chi connectivity index (χ2v) is 4.94. The van der Waals surface area contributed by atoms with Crippen LogP contribution in [-0.2, 0) is 0 Å². The number of aryl methyl sites for hydroxylation is 1. The van der Waals surface area contributed by atoms with Gasteiger partial charge in [0.05, 0.1) is 0 Å². The highest BCUT2D eigenvalue weighted by atomic mass is 19.1. The minimum atomic E-state index is -0.372. The van der Waals surface area contributed by atoms with Crippen LogP contribution in [0.1, 0.15) is 22.3 Å². The summed E-state index contributed by atoms with van der Waals surface area (Å²) < 4.78 is 13.1. The maximum Gasteiger partial charge on any atom is 0.164 e. The number of ketones is 1. The number of hydrogen-bond acceptors (Lipinski definition) is 2. The molecule has 3 heteroatoms. The van der Waals surface area contributed by atoms with Gasteiger partial charge >= 0.3 is 0 Å². The molecule has 0 aromatic heterocycles. The van der Waals surface area contributed by atoms with Crippen molar-refractivity contribution in [2.24, 2.45) is 0 Å². The van der Waals surface area contributed by atoms with Crippen molar-refractivity contribution < 1.29 is 9.18 Å². The van der Waals surface area contributed by atoms with Crippen molar-refractivity contribution >= 4 is 11.5 Å². The van der Waals surface area contributed by atoms with E-state index in [0.717, 1.165) is 5.69 Å². The van der Waals surface area contributed by atoms with Gasteiger partial charge < -0.3 is 4.90 Å². The average molecular weight is 271 g/mol. The van der Waals surface area contributed by atoms with Crippen molar-refractivity contribution in [1.82, 2.24) is 0 Å². The Bertz CT molecular complexity index is 609. The van der Waals surface area contributed by atoms with Gasteiger partial charge in [-0.05, 0) is 36.8 Å². The highest BCUT2D eigenvalue weighted by Crippen LogP contribution is 2.15. The van der Waals surface area contributed by atoms with Gasteiger partial charge in [-0.3, -0.25) is 4.79 Å². The first-order valence-electron chi connectivity index (χ1n) is 6.63. The molecule has 0 unspecified atom stereocenters. The fourth-order valence-electron chi connectivity index (χ4n) is 2.07. The lowest BCUT2D eigenvalue weighted by molar-refractivity contribution is 0.0984. The van der Waals surface area contributed by atoms with Crippen LogP contribution in [-0.4, -0.2) is 19.4 Å². The van der Waals surface area contributed by atoms with Crippen LogP contribution in [0.2, 0.25) is 0 Å². The molecule has 2 aromatic rings. The second kappa shape index (κ2) is 6.33. The highest BCUT2D eigenvalue weighted by Gasteiger charge is 2.09. The van der Waals surface area contributed by atoms with Gasteiger partial charge in [-0.2, -0.15) is 0 Å². The van der Waals surface area contributed by atoms with Crippen LogP contribution >= 0.6 is 0 Å². The van der Waals surface area contributed by atoms with Crippen LogP contribution in [0, 0.1) is 12.7 Å². The third-order valence-electron chi connectivity index (χ3n) is 3.26. The van der Waals surface area contributed by atoms with E-state index in [0.29, 0.717) is 18.5 Å². The van der Waals surface area contributed by atoms with Crippen LogP contribution in [0.15, 0.2) is 48.5 Å². The number of Topliss-reactive ketones (excluding diaryl/α,β-unsaturated/α-hetero) is 1. The number of hydrogen-bond donors (Lipinski definition) is 0. The highest BCUT2D eigenvalue weighted by molar-refractivity contribution is 5.96. The molecule has 0 radical (unpaired) electrons. The number of nitrogens with zero attached hydrogens (tertiary/aromatic N) is 1. The molecule has 0 aliphatic carbocycles. The second-order valence-electron chi connectivity index (χ2n) is 4.94. The molecule has 0 spiro atoms. The van der Waals surface area contributed by atoms with E-state index >= 15 is 0 Å². The van der Waals surface area contributed by atoms with Crippen LogP contribution in [0.25, 0.3) is 0 Å². The lowest BCUT2D eigenvalue weighted by atomic mass is 10.1. The van der Waals surface area contributed by atoms with Crippen molar-refractivity contribution in [3.05, 3.63) is 65.5 Å². The number of halogens is 1. The topological polar surface area (TPSA) is 20.3 Å². The molecule has 0 bridgehead atoms. The molecule has 2 nitrogen and oxygen atoms in total. The van der Waals surface area contributed by atoms with E-state index in [1.165, 1.54) is 17.7 Å². The Labute approximate surface area is 118 Å². The fourth-order valence-corrected chi connectivity index (χ4v) is 2.07. The smallest absolute Gasteiger partial charge is 0.164 e. The standard InChI is InChI=1S/C17H18FNO/c1-13-5-3-8-16(11-13)19(2)10-9-17(20)14-6-4-7-15(18)12-14/h3-8,11-12H,9-10H2,1-2H3. The quantitative estimate of drug-likeness (QED) is 0.770. The van der Waals surface area contributed by atoms with Crippen molar-refractivity contribution in [3.8, 4) is 0 Å². The molecular weight excluding hydrogens is 253 g/mol. The van der Waals surface area contributed by atoms with Crippen molar-refractivity contribution in [3.63, 3.8) is 0 Å². The number of benzene rings is 2. The average Bonchev–Trinajstić information content (AvgIpc) is 2.44. The molecule has 0 N–H and O–H groups in total. The number of carbonyl (C=O) groups is 1. The zero-order valence-electron chi connectivity index (χ0n) is 11.8. The first-order chi connectivity index (χ1) is 9.56. The molecule has 104 valence electrons. The summed E-state index contributed by atoms with van der Waals surface area (Å²) in [6.45, 7) is 2.65. The van der Waals surface area contributed by atoms with E-state index in [1.54, 1.807) is 12.1 Å². The van der Waals surface area contributed by atoms with E-state index in [9.17, 15) is 9.18 Å². The van der Waals surface area contributed by atoms with Gasteiger partial charge in [0.2, 0.25) is 0 Å². The zero-order chi connectivity index (χ0) is 14.5. The normalized spacial score (nSPS) is 10.3. The van der Waals surface area contributed by atoms with E-state index < -0.39 is 0 Å². The fraction of sp³-hybridized carbons (Fsp3) is 0.235. The van der Waals surface area contributed by atoms with Crippen molar-refractivity contribution in [2.75, 3.05) is 18.5 Å². The van der Waals surface area contributed by atoms with Gasteiger partial charge in [0.15, 0.2) is 5.78 Å². The molecule has 2 aromatic carbocycles. The molecule has 0 heterocycles. The number of rotatable bonds is 5. The molecule has 0 aliphatic heterocycles. The lowest BCUT2D eigenvalue weighted by Gasteiger charge is -2.19. The third-order valence-corrected chi connectivity index (χ3v) is 3.26. The Kier molecular flexibility index (Phi) is 4.51. The van der Waals surface area contributed by atoms with E-state index in [4.69, 9.17) is 0 Å². The van der Waals surface area contributed by atoms with Gasteiger partial charge in [0.25, 0.3) is 0 Å². The minimum Gasteiger partial charge on any atom is -0.374 e. The Morgan fingerprint density at radius 3 is 2.60 bits per heavy atom. The molecule has 0 fully saturated rings. The van der Waals surface area contributed by atoms with Crippen LogP contribution < -0.4 is 4.90 Å². The molecule has 0 atom stereocenters. The Balaban J connectivity index is 1.96. The maximum atomic E-state index is 13.1. The van der Waals surface area contributed by atoms with Crippen LogP contribution in [0.3, 0.4) is 0 Å². The summed E-state index contributed by atoms with van der Waals surface area (Å²) in [4.78, 5) is 14.0. The monoisotopic (exact) mass is 271 g/mol. The first-order valence-corrected chi connectivity index (χ1v) is 6.63. The molecule has 20 heavy (non-hydrogen) atoms. The Morgan fingerprint density at radius 2 is 1.90 bits per heavy atom. The van der Waals surface area contributed by atoms with E-state index in [1.807, 2.05) is 37.1 Å².